The van der Waals surface area contributed by atoms with Crippen molar-refractivity contribution in [1.82, 2.24) is 0 Å². The highest BCUT2D eigenvalue weighted by Gasteiger charge is 2.36. The predicted octanol–water partition coefficient (Wildman–Crippen LogP) is 12.6. The molecule has 3 unspecified atom stereocenters. The maximum Gasteiger partial charge on any atom is 0.306 e. The van der Waals surface area contributed by atoms with Gasteiger partial charge in [0, 0.05) is 12.8 Å². The van der Waals surface area contributed by atoms with Crippen LogP contribution in [0.4, 0.5) is 0 Å². The third kappa shape index (κ3) is 39.3. The standard InChI is InChI=1S/C50H90NO9P/c1-6-8-10-11-12-13-14-15-16-17-18-19-20-21-22-26-29-32-36-40-49(52)56-44-46(45-58-61(54,55)57-43-42-51(3,4)5)59-50(53)41-37-33-30-27-24-23-25-28-31-35-39-48-47(60-48)38-34-9-7-2/h15-16,23,25,27,30-31,35,46-48H,6-14,17-22,24,26,28-29,32-34,36-45H2,1-5H3/b16-15-,25-23-,30-27-,35-31-/t46-,47?,48?/m1/s1. The Morgan fingerprint density at radius 2 is 1.11 bits per heavy atom. The minimum Gasteiger partial charge on any atom is -0.756 e. The number of carbonyl (C=O) groups is 2. The fourth-order valence-electron chi connectivity index (χ4n) is 6.79. The lowest BCUT2D eigenvalue weighted by Crippen LogP contribution is -2.37. The monoisotopic (exact) mass is 880 g/mol. The number of rotatable bonds is 43. The number of unbranched alkanes of at least 4 members (excludes halogenated alkanes) is 18. The van der Waals surface area contributed by atoms with Gasteiger partial charge >= 0.3 is 11.9 Å². The van der Waals surface area contributed by atoms with Crippen LogP contribution in [-0.2, 0) is 37.4 Å². The molecule has 0 aromatic rings. The van der Waals surface area contributed by atoms with Crippen molar-refractivity contribution in [1.29, 1.82) is 0 Å². The normalized spacial score (nSPS) is 17.2. The predicted molar refractivity (Wildman–Crippen MR) is 249 cm³/mol. The van der Waals surface area contributed by atoms with Crippen LogP contribution in [0.5, 0.6) is 0 Å². The van der Waals surface area contributed by atoms with Crippen LogP contribution in [0, 0.1) is 0 Å². The van der Waals surface area contributed by atoms with E-state index in [1.54, 1.807) is 0 Å². The number of epoxide rings is 1. The molecule has 10 nitrogen and oxygen atoms in total. The Balaban J connectivity index is 2.27. The Bertz CT molecular complexity index is 1240. The lowest BCUT2D eigenvalue weighted by molar-refractivity contribution is -0.870. The van der Waals surface area contributed by atoms with E-state index >= 15 is 0 Å². The zero-order chi connectivity index (χ0) is 44.7. The average molecular weight is 880 g/mol. The molecule has 0 spiro atoms. The molecule has 0 aliphatic carbocycles. The molecule has 0 radical (unpaired) electrons. The number of hydrogen-bond acceptors (Lipinski definition) is 9. The molecule has 1 fully saturated rings. The van der Waals surface area contributed by atoms with E-state index in [-0.39, 0.29) is 26.1 Å². The minimum atomic E-state index is -4.65. The molecule has 1 rings (SSSR count). The van der Waals surface area contributed by atoms with Crippen LogP contribution < -0.4 is 4.89 Å². The summed E-state index contributed by atoms with van der Waals surface area (Å²) in [7, 11) is 1.12. The highest BCUT2D eigenvalue weighted by Crippen LogP contribution is 2.38. The molecule has 0 amide bonds. The molecular weight excluding hydrogens is 790 g/mol. The first-order valence-electron chi connectivity index (χ1n) is 24.5. The maximum absolute atomic E-state index is 12.7. The van der Waals surface area contributed by atoms with Gasteiger partial charge in [-0.3, -0.25) is 14.2 Å². The maximum atomic E-state index is 12.7. The van der Waals surface area contributed by atoms with Gasteiger partial charge in [0.05, 0.1) is 40.0 Å². The second kappa shape index (κ2) is 38.4. The van der Waals surface area contributed by atoms with Gasteiger partial charge in [-0.15, -0.1) is 0 Å². The molecule has 0 N–H and O–H groups in total. The molecule has 0 aromatic carbocycles. The van der Waals surface area contributed by atoms with Crippen molar-refractivity contribution in [3.63, 3.8) is 0 Å². The van der Waals surface area contributed by atoms with Crippen LogP contribution in [0.25, 0.3) is 0 Å². The second-order valence-corrected chi connectivity index (χ2v) is 19.3. The summed E-state index contributed by atoms with van der Waals surface area (Å²) in [6.07, 6.45) is 47.5. The fourth-order valence-corrected chi connectivity index (χ4v) is 7.52. The number of ether oxygens (including phenoxy) is 3. The van der Waals surface area contributed by atoms with Crippen molar-refractivity contribution in [2.75, 3.05) is 47.5 Å². The summed E-state index contributed by atoms with van der Waals surface area (Å²) in [5, 5.41) is 0. The summed E-state index contributed by atoms with van der Waals surface area (Å²) in [6, 6.07) is 0. The average Bonchev–Trinajstić information content (AvgIpc) is 3.97. The number of quaternary nitrogens is 1. The van der Waals surface area contributed by atoms with Crippen LogP contribution in [0.2, 0.25) is 0 Å². The Morgan fingerprint density at radius 1 is 0.607 bits per heavy atom. The summed E-state index contributed by atoms with van der Waals surface area (Å²) in [5.41, 5.74) is 0. The number of phosphoric ester groups is 1. The topological polar surface area (TPSA) is 124 Å². The number of likely N-dealkylation sites (N-methyl/N-ethyl adjacent to an activating group) is 1. The van der Waals surface area contributed by atoms with E-state index < -0.39 is 32.5 Å². The summed E-state index contributed by atoms with van der Waals surface area (Å²) in [6.45, 7) is 4.13. The van der Waals surface area contributed by atoms with Crippen molar-refractivity contribution < 1.29 is 46.8 Å². The lowest BCUT2D eigenvalue weighted by atomic mass is 10.1. The third-order valence-corrected chi connectivity index (χ3v) is 11.7. The Kier molecular flexibility index (Phi) is 35.8. The Morgan fingerprint density at radius 3 is 1.74 bits per heavy atom. The number of nitrogens with zero attached hydrogens (tertiary/aromatic N) is 1. The number of allylic oxidation sites excluding steroid dienone is 7. The van der Waals surface area contributed by atoms with Gasteiger partial charge in [0.15, 0.2) is 6.10 Å². The Hall–Kier alpha value is -2.07. The molecule has 354 valence electrons. The largest absolute Gasteiger partial charge is 0.756 e. The van der Waals surface area contributed by atoms with Crippen LogP contribution in [0.3, 0.4) is 0 Å². The van der Waals surface area contributed by atoms with E-state index in [2.05, 4.69) is 56.4 Å². The van der Waals surface area contributed by atoms with E-state index in [0.29, 0.717) is 36.1 Å². The highest BCUT2D eigenvalue weighted by molar-refractivity contribution is 7.45. The molecule has 0 saturated carbocycles. The van der Waals surface area contributed by atoms with Gasteiger partial charge in [0.2, 0.25) is 0 Å². The molecule has 1 heterocycles. The molecule has 1 saturated heterocycles. The van der Waals surface area contributed by atoms with Crippen molar-refractivity contribution in [2.45, 2.75) is 212 Å². The van der Waals surface area contributed by atoms with E-state index in [1.165, 1.54) is 109 Å². The molecule has 0 aromatic heterocycles. The SMILES string of the molecule is CCCCCCCC/C=C\CCCCCCCCCCCC(=O)OC[C@H](COP(=O)([O-])OCC[N+](C)(C)C)OC(=O)CCC/C=C\C/C=C\C/C=C\CC1OC1CCCCC. The van der Waals surface area contributed by atoms with Crippen LogP contribution in [0.15, 0.2) is 48.6 Å². The van der Waals surface area contributed by atoms with Gasteiger partial charge in [-0.2, -0.15) is 0 Å². The fraction of sp³-hybridized carbons (Fsp3) is 0.800. The molecule has 1 aliphatic heterocycles. The zero-order valence-corrected chi connectivity index (χ0v) is 40.4. The number of phosphoric acid groups is 1. The molecule has 0 bridgehead atoms. The highest BCUT2D eigenvalue weighted by atomic mass is 31.2. The third-order valence-electron chi connectivity index (χ3n) is 10.7. The summed E-state index contributed by atoms with van der Waals surface area (Å²) >= 11 is 0. The van der Waals surface area contributed by atoms with Gasteiger partial charge < -0.3 is 32.6 Å². The number of esters is 2. The summed E-state index contributed by atoms with van der Waals surface area (Å²) in [4.78, 5) is 37.6. The van der Waals surface area contributed by atoms with Gasteiger partial charge in [-0.1, -0.05) is 159 Å². The van der Waals surface area contributed by atoms with E-state index in [9.17, 15) is 19.0 Å². The van der Waals surface area contributed by atoms with Gasteiger partial charge in [-0.05, 0) is 70.6 Å². The molecule has 4 atom stereocenters. The van der Waals surface area contributed by atoms with Crippen LogP contribution in [0.1, 0.15) is 194 Å². The van der Waals surface area contributed by atoms with Crippen molar-refractivity contribution >= 4 is 19.8 Å². The van der Waals surface area contributed by atoms with E-state index in [0.717, 1.165) is 44.9 Å². The van der Waals surface area contributed by atoms with E-state index in [1.807, 2.05) is 27.2 Å². The number of carbonyl (C=O) groups excluding carboxylic acids is 2. The summed E-state index contributed by atoms with van der Waals surface area (Å²) in [5.74, 6) is -0.906. The first-order valence-corrected chi connectivity index (χ1v) is 25.9. The minimum absolute atomic E-state index is 0.0444. The lowest BCUT2D eigenvalue weighted by Gasteiger charge is -2.28. The van der Waals surface area contributed by atoms with Crippen molar-refractivity contribution in [2.24, 2.45) is 0 Å². The number of hydrogen-bond donors (Lipinski definition) is 0. The molecular formula is C50H90NO9P. The van der Waals surface area contributed by atoms with Gasteiger partial charge in [0.25, 0.3) is 7.82 Å². The second-order valence-electron chi connectivity index (χ2n) is 17.9. The first kappa shape index (κ1) is 56.9. The molecule has 11 heteroatoms. The van der Waals surface area contributed by atoms with Gasteiger partial charge in [-0.25, -0.2) is 0 Å². The molecule has 61 heavy (non-hydrogen) atoms. The zero-order valence-electron chi connectivity index (χ0n) is 39.5. The quantitative estimate of drug-likeness (QED) is 0.0147. The van der Waals surface area contributed by atoms with Crippen molar-refractivity contribution in [3.05, 3.63) is 48.6 Å². The first-order chi connectivity index (χ1) is 29.5. The summed E-state index contributed by atoms with van der Waals surface area (Å²) < 4.78 is 39.7. The van der Waals surface area contributed by atoms with E-state index in [4.69, 9.17) is 23.3 Å². The van der Waals surface area contributed by atoms with Crippen LogP contribution in [-0.4, -0.2) is 82.2 Å². The smallest absolute Gasteiger partial charge is 0.306 e. The Labute approximate surface area is 373 Å². The molecule has 1 aliphatic rings. The van der Waals surface area contributed by atoms with Crippen molar-refractivity contribution in [3.8, 4) is 0 Å². The van der Waals surface area contributed by atoms with Crippen LogP contribution >= 0.6 is 7.82 Å². The van der Waals surface area contributed by atoms with Gasteiger partial charge in [0.1, 0.15) is 19.8 Å².